The first-order valence-corrected chi connectivity index (χ1v) is 19.3. The Hall–Kier alpha value is -6.20. The minimum atomic E-state index is -1.05. The van der Waals surface area contributed by atoms with Crippen molar-refractivity contribution < 1.29 is 39.8 Å². The van der Waals surface area contributed by atoms with Crippen LogP contribution < -0.4 is 14.8 Å². The molecule has 0 bridgehead atoms. The number of ether oxygens (including phenoxy) is 2. The molecule has 6 aromatic rings. The Bertz CT molecular complexity index is 2340. The van der Waals surface area contributed by atoms with Crippen molar-refractivity contribution >= 4 is 28.1 Å². The van der Waals surface area contributed by atoms with Crippen LogP contribution >= 0.6 is 0 Å². The van der Waals surface area contributed by atoms with Gasteiger partial charge in [-0.2, -0.15) is 0 Å². The highest BCUT2D eigenvalue weighted by Crippen LogP contribution is 2.54. The van der Waals surface area contributed by atoms with Crippen molar-refractivity contribution in [3.8, 4) is 34.5 Å². The van der Waals surface area contributed by atoms with Gasteiger partial charge in [-0.1, -0.05) is 24.6 Å². The third-order valence-electron chi connectivity index (χ3n) is 11.6. The standard InChI is InChI=1S/C46H49N3O8/c1-56-41-22-28(7-14-37(41)51)8-15-38(52)44(39(53)16-9-29-21-40(54)45(55)42(23-29)57-2)46(18-3-5-32(46)26-34-6-4-19-47-34)33-17-20-48-43(27-33)49-35-12-10-31-25-36(50)13-11-30(31)24-35/h4,6-7,10-14,17,19-25,27,32,38,44,47,50-52,54-55H,3,5,8-9,15-16,18,26H2,1-2H3,(H,48,49)/t32-,38-,44-,46-/m1/s1. The largest absolute Gasteiger partial charge is 0.508 e. The molecular formula is C46H49N3O8. The van der Waals surface area contributed by atoms with Gasteiger partial charge >= 0.3 is 0 Å². The minimum Gasteiger partial charge on any atom is -0.508 e. The summed E-state index contributed by atoms with van der Waals surface area (Å²) in [5.74, 6) is -0.396. The van der Waals surface area contributed by atoms with Gasteiger partial charge in [0.15, 0.2) is 23.0 Å². The second kappa shape index (κ2) is 16.9. The third-order valence-corrected chi connectivity index (χ3v) is 11.6. The number of carbonyl (C=O) groups excluding carboxylic acids is 1. The molecule has 7 rings (SSSR count). The number of aryl methyl sites for hydroxylation is 2. The number of aromatic hydroxyl groups is 4. The number of aromatic amines is 1. The Morgan fingerprint density at radius 3 is 2.46 bits per heavy atom. The van der Waals surface area contributed by atoms with Crippen molar-refractivity contribution in [1.82, 2.24) is 9.97 Å². The van der Waals surface area contributed by atoms with Crippen molar-refractivity contribution in [1.29, 1.82) is 0 Å². The molecule has 2 aromatic heterocycles. The molecule has 2 heterocycles. The number of rotatable bonds is 16. The third kappa shape index (κ3) is 8.34. The summed E-state index contributed by atoms with van der Waals surface area (Å²) >= 11 is 0. The van der Waals surface area contributed by atoms with Crippen molar-refractivity contribution in [3.63, 3.8) is 0 Å². The Morgan fingerprint density at radius 1 is 0.877 bits per heavy atom. The number of H-pyrrole nitrogens is 1. The molecule has 0 amide bonds. The minimum absolute atomic E-state index is 0.0186. The van der Waals surface area contributed by atoms with Gasteiger partial charge in [-0.25, -0.2) is 4.98 Å². The molecule has 0 aliphatic heterocycles. The number of phenols is 4. The summed E-state index contributed by atoms with van der Waals surface area (Å²) in [5, 5.41) is 58.7. The van der Waals surface area contributed by atoms with Gasteiger partial charge in [0.2, 0.25) is 5.75 Å². The van der Waals surface area contributed by atoms with Crippen LogP contribution in [0, 0.1) is 11.8 Å². The number of Topliss-reactive ketones (excluding diaryl/α,β-unsaturated/α-hetero) is 1. The van der Waals surface area contributed by atoms with E-state index in [4.69, 9.17) is 14.5 Å². The van der Waals surface area contributed by atoms with Gasteiger partial charge in [0, 0.05) is 35.6 Å². The maximum atomic E-state index is 15.0. The number of ketones is 1. The molecule has 7 N–H and O–H groups in total. The van der Waals surface area contributed by atoms with E-state index in [9.17, 15) is 25.5 Å². The summed E-state index contributed by atoms with van der Waals surface area (Å²) in [5.41, 5.74) is 3.45. The fourth-order valence-electron chi connectivity index (χ4n) is 8.94. The summed E-state index contributed by atoms with van der Waals surface area (Å²) in [6.45, 7) is 0. The lowest BCUT2D eigenvalue weighted by Crippen LogP contribution is -2.49. The summed E-state index contributed by atoms with van der Waals surface area (Å²) in [7, 11) is 2.89. The monoisotopic (exact) mass is 771 g/mol. The van der Waals surface area contributed by atoms with E-state index in [2.05, 4.69) is 16.4 Å². The van der Waals surface area contributed by atoms with Crippen LogP contribution in [0.25, 0.3) is 10.8 Å². The number of hydrogen-bond acceptors (Lipinski definition) is 10. The summed E-state index contributed by atoms with van der Waals surface area (Å²) < 4.78 is 10.6. The zero-order valence-corrected chi connectivity index (χ0v) is 32.1. The lowest BCUT2D eigenvalue weighted by atomic mass is 9.59. The van der Waals surface area contributed by atoms with Crippen LogP contribution in [0.15, 0.2) is 103 Å². The molecule has 1 fully saturated rings. The van der Waals surface area contributed by atoms with Crippen LogP contribution in [0.4, 0.5) is 11.5 Å². The number of carbonyl (C=O) groups is 1. The Kier molecular flexibility index (Phi) is 11.6. The Morgan fingerprint density at radius 2 is 1.67 bits per heavy atom. The van der Waals surface area contributed by atoms with E-state index >= 15 is 4.79 Å². The number of aliphatic hydroxyl groups is 1. The molecule has 4 aromatic carbocycles. The van der Waals surface area contributed by atoms with E-state index in [1.54, 1.807) is 42.6 Å². The summed E-state index contributed by atoms with van der Waals surface area (Å²) in [4.78, 5) is 23.1. The first-order chi connectivity index (χ1) is 27.6. The summed E-state index contributed by atoms with van der Waals surface area (Å²) in [6, 6.07) is 27.3. The molecule has 1 aliphatic carbocycles. The molecule has 0 saturated heterocycles. The smallest absolute Gasteiger partial charge is 0.200 e. The topological polar surface area (TPSA) is 177 Å². The number of fused-ring (bicyclic) bond motifs is 1. The number of pyridine rings is 1. The number of hydrogen-bond donors (Lipinski definition) is 7. The first kappa shape index (κ1) is 39.1. The van der Waals surface area contributed by atoms with Gasteiger partial charge in [0.1, 0.15) is 17.4 Å². The number of aromatic nitrogens is 2. The molecular weight excluding hydrogens is 723 g/mol. The number of nitrogens with one attached hydrogen (secondary N) is 2. The van der Waals surface area contributed by atoms with Crippen molar-refractivity contribution in [2.24, 2.45) is 11.8 Å². The zero-order valence-electron chi connectivity index (χ0n) is 32.1. The van der Waals surface area contributed by atoms with E-state index in [0.717, 1.165) is 46.1 Å². The lowest BCUT2D eigenvalue weighted by molar-refractivity contribution is -0.131. The maximum absolute atomic E-state index is 15.0. The van der Waals surface area contributed by atoms with Crippen LogP contribution in [0.3, 0.4) is 0 Å². The lowest BCUT2D eigenvalue weighted by Gasteiger charge is -2.45. The average Bonchev–Trinajstić information content (AvgIpc) is 3.89. The van der Waals surface area contributed by atoms with Gasteiger partial charge in [0.25, 0.3) is 0 Å². The molecule has 296 valence electrons. The molecule has 11 nitrogen and oxygen atoms in total. The van der Waals surface area contributed by atoms with E-state index in [1.165, 1.54) is 20.3 Å². The van der Waals surface area contributed by atoms with Gasteiger partial charge in [0.05, 0.1) is 26.2 Å². The van der Waals surface area contributed by atoms with Gasteiger partial charge in [-0.3, -0.25) is 4.79 Å². The Labute approximate surface area is 331 Å². The van der Waals surface area contributed by atoms with Gasteiger partial charge < -0.3 is 45.3 Å². The van der Waals surface area contributed by atoms with Crippen molar-refractivity contribution in [3.05, 3.63) is 126 Å². The predicted octanol–water partition coefficient (Wildman–Crippen LogP) is 8.24. The number of benzene rings is 4. The van der Waals surface area contributed by atoms with Gasteiger partial charge in [-0.05, 0) is 145 Å². The van der Waals surface area contributed by atoms with Crippen molar-refractivity contribution in [2.45, 2.75) is 62.9 Å². The second-order valence-corrected chi connectivity index (χ2v) is 15.1. The maximum Gasteiger partial charge on any atom is 0.200 e. The molecule has 4 atom stereocenters. The molecule has 57 heavy (non-hydrogen) atoms. The van der Waals surface area contributed by atoms with E-state index in [1.807, 2.05) is 48.7 Å². The molecule has 11 heteroatoms. The fourth-order valence-corrected chi connectivity index (χ4v) is 8.94. The normalized spacial score (nSPS) is 17.6. The van der Waals surface area contributed by atoms with Crippen LogP contribution in [-0.2, 0) is 29.5 Å². The molecule has 0 unspecified atom stereocenters. The molecule has 0 spiro atoms. The summed E-state index contributed by atoms with van der Waals surface area (Å²) in [6.07, 6.45) is 6.66. The van der Waals surface area contributed by atoms with Crippen LogP contribution in [0.1, 0.15) is 54.5 Å². The highest BCUT2D eigenvalue weighted by Gasteiger charge is 2.54. The number of phenolic OH excluding ortho intramolecular Hbond substituents is 4. The average molecular weight is 772 g/mol. The van der Waals surface area contributed by atoms with Crippen molar-refractivity contribution in [2.75, 3.05) is 19.5 Å². The number of nitrogens with zero attached hydrogens (tertiary/aromatic N) is 1. The fraction of sp³-hybridized carbons (Fsp3) is 0.304. The number of anilines is 2. The zero-order chi connectivity index (χ0) is 40.1. The first-order valence-electron chi connectivity index (χ1n) is 19.3. The molecule has 1 saturated carbocycles. The van der Waals surface area contributed by atoms with Crippen LogP contribution in [0.2, 0.25) is 0 Å². The highest BCUT2D eigenvalue weighted by molar-refractivity contribution is 5.87. The van der Waals surface area contributed by atoms with Crippen LogP contribution in [0.5, 0.6) is 34.5 Å². The highest BCUT2D eigenvalue weighted by atomic mass is 16.5. The van der Waals surface area contributed by atoms with E-state index < -0.39 is 17.4 Å². The van der Waals surface area contributed by atoms with Gasteiger partial charge in [-0.15, -0.1) is 0 Å². The molecule has 0 radical (unpaired) electrons. The quantitative estimate of drug-likeness (QED) is 0.0474. The Balaban J connectivity index is 1.28. The number of methoxy groups -OCH3 is 2. The van der Waals surface area contributed by atoms with E-state index in [0.29, 0.717) is 36.4 Å². The number of aliphatic hydroxyl groups excluding tert-OH is 1. The SMILES string of the molecule is COc1cc(CC[C@@H](O)[C@H](C(=O)CCc2cc(O)c(O)c(OC)c2)[C@]2(c3ccnc(Nc4ccc5cc(O)ccc5c4)c3)CCC[C@@H]2Cc2ccc[nH]2)ccc1O. The van der Waals surface area contributed by atoms with Crippen LogP contribution in [-0.4, -0.2) is 61.6 Å². The predicted molar refractivity (Wildman–Crippen MR) is 219 cm³/mol. The van der Waals surface area contributed by atoms with E-state index in [-0.39, 0.29) is 59.7 Å². The molecule has 1 aliphatic rings. The second-order valence-electron chi connectivity index (χ2n) is 15.1.